The lowest BCUT2D eigenvalue weighted by Gasteiger charge is -2.36. The summed E-state index contributed by atoms with van der Waals surface area (Å²) in [5.41, 5.74) is 1.04. The number of carbonyl (C=O) groups is 2. The zero-order chi connectivity index (χ0) is 16.2. The van der Waals surface area contributed by atoms with Gasteiger partial charge in [0.15, 0.2) is 0 Å². The number of urea groups is 1. The van der Waals surface area contributed by atoms with Gasteiger partial charge in [0.2, 0.25) is 0 Å². The molecule has 126 valence electrons. The van der Waals surface area contributed by atoms with Crippen LogP contribution in [0.15, 0.2) is 11.4 Å². The van der Waals surface area contributed by atoms with Gasteiger partial charge >= 0.3 is 6.03 Å². The van der Waals surface area contributed by atoms with Gasteiger partial charge in [-0.1, -0.05) is 19.3 Å². The minimum atomic E-state index is 0.0382. The summed E-state index contributed by atoms with van der Waals surface area (Å²) in [7, 11) is 0. The first-order chi connectivity index (χ1) is 11.1. The molecule has 1 saturated heterocycles. The molecule has 0 radical (unpaired) electrons. The van der Waals surface area contributed by atoms with E-state index in [1.807, 2.05) is 28.2 Å². The molecule has 1 aliphatic carbocycles. The maximum Gasteiger partial charge on any atom is 0.317 e. The highest BCUT2D eigenvalue weighted by Gasteiger charge is 2.27. The van der Waals surface area contributed by atoms with Gasteiger partial charge in [-0.25, -0.2) is 4.79 Å². The summed E-state index contributed by atoms with van der Waals surface area (Å²) in [6, 6.07) is 2.35. The number of carbonyl (C=O) groups excluding carboxylic acids is 2. The van der Waals surface area contributed by atoms with Crippen LogP contribution in [0.5, 0.6) is 0 Å². The summed E-state index contributed by atoms with van der Waals surface area (Å²) >= 11 is 1.50. The van der Waals surface area contributed by atoms with Gasteiger partial charge in [-0.3, -0.25) is 4.79 Å². The van der Waals surface area contributed by atoms with Gasteiger partial charge in [0.1, 0.15) is 0 Å². The summed E-state index contributed by atoms with van der Waals surface area (Å²) in [4.78, 5) is 29.4. The van der Waals surface area contributed by atoms with Crippen LogP contribution in [-0.2, 0) is 0 Å². The van der Waals surface area contributed by atoms with E-state index < -0.39 is 0 Å². The van der Waals surface area contributed by atoms with Gasteiger partial charge in [-0.05, 0) is 36.8 Å². The van der Waals surface area contributed by atoms with Gasteiger partial charge < -0.3 is 15.1 Å². The van der Waals surface area contributed by atoms with Crippen LogP contribution in [0.2, 0.25) is 0 Å². The molecule has 1 aromatic rings. The molecule has 0 spiro atoms. The van der Waals surface area contributed by atoms with Crippen molar-refractivity contribution in [2.75, 3.05) is 26.2 Å². The van der Waals surface area contributed by atoms with E-state index in [4.69, 9.17) is 0 Å². The molecule has 0 unspecified atom stereocenters. The van der Waals surface area contributed by atoms with Crippen LogP contribution >= 0.6 is 11.3 Å². The highest BCUT2D eigenvalue weighted by atomic mass is 32.1. The van der Waals surface area contributed by atoms with Crippen molar-refractivity contribution in [1.29, 1.82) is 0 Å². The summed E-state index contributed by atoms with van der Waals surface area (Å²) in [5.74, 6) is 0.102. The van der Waals surface area contributed by atoms with E-state index in [0.717, 1.165) is 23.3 Å². The molecular weight excluding hydrogens is 310 g/mol. The number of nitrogens with zero attached hydrogens (tertiary/aromatic N) is 2. The third-order valence-electron chi connectivity index (χ3n) is 4.84. The molecule has 2 heterocycles. The van der Waals surface area contributed by atoms with E-state index in [0.29, 0.717) is 32.2 Å². The molecule has 1 aromatic heterocycles. The topological polar surface area (TPSA) is 52.7 Å². The fourth-order valence-corrected chi connectivity index (χ4v) is 4.25. The van der Waals surface area contributed by atoms with Gasteiger partial charge in [0.05, 0.1) is 4.88 Å². The number of nitrogens with one attached hydrogen (secondary N) is 1. The van der Waals surface area contributed by atoms with Crippen molar-refractivity contribution in [1.82, 2.24) is 15.1 Å². The molecule has 5 nitrogen and oxygen atoms in total. The molecule has 23 heavy (non-hydrogen) atoms. The maximum atomic E-state index is 12.5. The molecule has 0 atom stereocenters. The maximum absolute atomic E-state index is 12.5. The first-order valence-electron chi connectivity index (χ1n) is 8.54. The zero-order valence-corrected chi connectivity index (χ0v) is 14.5. The molecule has 0 aromatic carbocycles. The molecule has 3 rings (SSSR count). The van der Waals surface area contributed by atoms with Crippen LogP contribution in [0.4, 0.5) is 4.79 Å². The smallest absolute Gasteiger partial charge is 0.317 e. The van der Waals surface area contributed by atoms with Crippen LogP contribution in [0.3, 0.4) is 0 Å². The monoisotopic (exact) mass is 335 g/mol. The standard InChI is InChI=1S/C17H25N3O2S/c1-13-7-12-23-15(13)16(21)19-8-10-20(11-9-19)17(22)18-14-5-3-2-4-6-14/h7,12,14H,2-6,8-11H2,1H3,(H,18,22). The average molecular weight is 335 g/mol. The summed E-state index contributed by atoms with van der Waals surface area (Å²) in [6.45, 7) is 4.45. The Bertz CT molecular complexity index is 558. The number of piperazine rings is 1. The predicted molar refractivity (Wildman–Crippen MR) is 91.9 cm³/mol. The molecule has 0 bridgehead atoms. The van der Waals surface area contributed by atoms with Gasteiger partial charge in [0, 0.05) is 32.2 Å². The van der Waals surface area contributed by atoms with Crippen molar-refractivity contribution >= 4 is 23.3 Å². The van der Waals surface area contributed by atoms with Crippen molar-refractivity contribution in [2.45, 2.75) is 45.1 Å². The van der Waals surface area contributed by atoms with E-state index in [2.05, 4.69) is 5.32 Å². The lowest BCUT2D eigenvalue weighted by molar-refractivity contribution is 0.0666. The zero-order valence-electron chi connectivity index (χ0n) is 13.7. The van der Waals surface area contributed by atoms with Crippen LogP contribution in [0.1, 0.15) is 47.3 Å². The second kappa shape index (κ2) is 7.34. The molecule has 1 saturated carbocycles. The SMILES string of the molecule is Cc1ccsc1C(=O)N1CCN(C(=O)NC2CCCCC2)CC1. The van der Waals surface area contributed by atoms with Gasteiger partial charge in [0.25, 0.3) is 5.91 Å². The predicted octanol–water partition coefficient (Wildman–Crippen LogP) is 2.86. The number of hydrogen-bond acceptors (Lipinski definition) is 3. The van der Waals surface area contributed by atoms with Crippen molar-refractivity contribution < 1.29 is 9.59 Å². The third kappa shape index (κ3) is 3.86. The van der Waals surface area contributed by atoms with Crippen LogP contribution in [0.25, 0.3) is 0 Å². The highest BCUT2D eigenvalue weighted by Crippen LogP contribution is 2.20. The minimum Gasteiger partial charge on any atom is -0.335 e. The number of amides is 3. The lowest BCUT2D eigenvalue weighted by Crippen LogP contribution is -2.54. The van der Waals surface area contributed by atoms with Gasteiger partial charge in [-0.15, -0.1) is 11.3 Å². The number of aryl methyl sites for hydroxylation is 1. The third-order valence-corrected chi connectivity index (χ3v) is 5.85. The fraction of sp³-hybridized carbons (Fsp3) is 0.647. The van der Waals surface area contributed by atoms with Crippen LogP contribution in [-0.4, -0.2) is 54.0 Å². The van der Waals surface area contributed by atoms with E-state index >= 15 is 0 Å². The molecule has 1 aliphatic heterocycles. The first kappa shape index (κ1) is 16.3. The van der Waals surface area contributed by atoms with Crippen molar-refractivity contribution in [2.24, 2.45) is 0 Å². The summed E-state index contributed by atoms with van der Waals surface area (Å²) < 4.78 is 0. The van der Waals surface area contributed by atoms with Crippen molar-refractivity contribution in [3.63, 3.8) is 0 Å². The summed E-state index contributed by atoms with van der Waals surface area (Å²) in [5, 5.41) is 5.11. The second-order valence-corrected chi connectivity index (χ2v) is 7.41. The Hall–Kier alpha value is -1.56. The highest BCUT2D eigenvalue weighted by molar-refractivity contribution is 7.12. The second-order valence-electron chi connectivity index (χ2n) is 6.50. The normalized spacial score (nSPS) is 19.7. The molecule has 1 N–H and O–H groups in total. The van der Waals surface area contributed by atoms with Crippen molar-refractivity contribution in [3.8, 4) is 0 Å². The molecule has 2 aliphatic rings. The van der Waals surface area contributed by atoms with Crippen LogP contribution in [0, 0.1) is 6.92 Å². The minimum absolute atomic E-state index is 0.0382. The van der Waals surface area contributed by atoms with Crippen LogP contribution < -0.4 is 5.32 Å². The Morgan fingerprint density at radius 3 is 2.35 bits per heavy atom. The number of hydrogen-bond donors (Lipinski definition) is 1. The molecule has 6 heteroatoms. The largest absolute Gasteiger partial charge is 0.335 e. The molecular formula is C17H25N3O2S. The van der Waals surface area contributed by atoms with Crippen molar-refractivity contribution in [3.05, 3.63) is 21.9 Å². The first-order valence-corrected chi connectivity index (χ1v) is 9.42. The number of rotatable bonds is 2. The number of thiophene rings is 1. The Morgan fingerprint density at radius 2 is 1.74 bits per heavy atom. The van der Waals surface area contributed by atoms with E-state index in [9.17, 15) is 9.59 Å². The lowest BCUT2D eigenvalue weighted by atomic mass is 9.96. The fourth-order valence-electron chi connectivity index (χ4n) is 3.36. The Morgan fingerprint density at radius 1 is 1.09 bits per heavy atom. The Labute approximate surface area is 141 Å². The van der Waals surface area contributed by atoms with Gasteiger partial charge in [-0.2, -0.15) is 0 Å². The summed E-state index contributed by atoms with van der Waals surface area (Å²) in [6.07, 6.45) is 5.92. The van der Waals surface area contributed by atoms with E-state index in [1.165, 1.54) is 30.6 Å². The molecule has 3 amide bonds. The molecule has 2 fully saturated rings. The van der Waals surface area contributed by atoms with E-state index in [1.54, 1.807) is 0 Å². The van der Waals surface area contributed by atoms with E-state index in [-0.39, 0.29) is 11.9 Å². The Kier molecular flexibility index (Phi) is 5.20. The Balaban J connectivity index is 1.49. The average Bonchev–Trinajstić information content (AvgIpc) is 3.01. The quantitative estimate of drug-likeness (QED) is 0.903.